The monoisotopic (exact) mass is 499 g/mol. The molecule has 1 aromatic heterocycles. The van der Waals surface area contributed by atoms with Crippen molar-refractivity contribution in [1.82, 2.24) is 9.13 Å². The molecule has 0 saturated carbocycles. The number of nitrogens with zero attached hydrogens (tertiary/aromatic N) is 2. The van der Waals surface area contributed by atoms with E-state index in [4.69, 9.17) is 31.5 Å². The number of esters is 1. The first-order valence-electron chi connectivity index (χ1n) is 10.7. The highest BCUT2D eigenvalue weighted by Gasteiger charge is 2.36. The summed E-state index contributed by atoms with van der Waals surface area (Å²) in [4.78, 5) is 36.9. The van der Waals surface area contributed by atoms with E-state index >= 15 is 0 Å². The van der Waals surface area contributed by atoms with Crippen LogP contribution in [0.2, 0.25) is 5.02 Å². The fourth-order valence-corrected chi connectivity index (χ4v) is 3.44. The summed E-state index contributed by atoms with van der Waals surface area (Å²) in [5.41, 5.74) is 4.34. The molecule has 0 bridgehead atoms. The number of aromatic nitrogens is 2. The molecule has 1 aliphatic heterocycles. The van der Waals surface area contributed by atoms with Crippen molar-refractivity contribution in [3.8, 4) is 0 Å². The maximum Gasteiger partial charge on any atom is 0.336 e. The molecule has 186 valence electrons. The largest absolute Gasteiger partial charge is 0.442 e. The first-order chi connectivity index (χ1) is 16.1. The maximum absolute atomic E-state index is 14.3. The van der Waals surface area contributed by atoms with E-state index in [1.165, 1.54) is 0 Å². The van der Waals surface area contributed by atoms with Gasteiger partial charge in [-0.2, -0.15) is 4.39 Å². The van der Waals surface area contributed by atoms with Crippen molar-refractivity contribution in [2.45, 2.75) is 58.1 Å². The Morgan fingerprint density at radius 1 is 1.32 bits per heavy atom. The van der Waals surface area contributed by atoms with Crippen LogP contribution in [0.3, 0.4) is 0 Å². The van der Waals surface area contributed by atoms with Gasteiger partial charge in [0.05, 0.1) is 25.5 Å². The molecule has 2 heterocycles. The molecule has 1 fully saturated rings. The Morgan fingerprint density at radius 2 is 2.00 bits per heavy atom. The number of carbonyl (C=O) groups is 1. The highest BCUT2D eigenvalue weighted by atomic mass is 35.5. The van der Waals surface area contributed by atoms with Gasteiger partial charge in [-0.15, -0.1) is 0 Å². The number of nitrogens with two attached hydrogens (primary N) is 1. The van der Waals surface area contributed by atoms with Crippen molar-refractivity contribution in [3.05, 3.63) is 67.7 Å². The third kappa shape index (κ3) is 6.10. The molecule has 4 atom stereocenters. The van der Waals surface area contributed by atoms with Crippen LogP contribution in [-0.4, -0.2) is 45.1 Å². The van der Waals surface area contributed by atoms with E-state index in [1.807, 2.05) is 0 Å². The standard InChI is InChI=1S/C22H27ClFN3O7/c1-12(2)19(25)21(30)33-11-27-20(29)15(24)8-26(22(27)31)18-7-16(28)17(34-18)10-32-9-13-3-5-14(23)6-4-13/h3-6,8,12,16-19,28H,7,9-11,25H2,1-2H3/t16-,17+,18+,19-/m0/s1. The molecule has 1 saturated heterocycles. The maximum atomic E-state index is 14.3. The van der Waals surface area contributed by atoms with Gasteiger partial charge >= 0.3 is 11.7 Å². The predicted molar refractivity (Wildman–Crippen MR) is 119 cm³/mol. The number of halogens is 2. The Labute approximate surface area is 199 Å². The van der Waals surface area contributed by atoms with Crippen LogP contribution < -0.4 is 17.0 Å². The Morgan fingerprint density at radius 3 is 2.65 bits per heavy atom. The van der Waals surface area contributed by atoms with Crippen LogP contribution in [0, 0.1) is 11.7 Å². The van der Waals surface area contributed by atoms with Crippen molar-refractivity contribution in [1.29, 1.82) is 0 Å². The van der Waals surface area contributed by atoms with Crippen LogP contribution in [-0.2, 0) is 32.3 Å². The number of aliphatic hydroxyl groups excluding tert-OH is 1. The van der Waals surface area contributed by atoms with Crippen molar-refractivity contribution >= 4 is 17.6 Å². The molecule has 1 aliphatic rings. The number of aliphatic hydroxyl groups is 1. The molecule has 1 aromatic carbocycles. The highest BCUT2D eigenvalue weighted by molar-refractivity contribution is 6.30. The number of ether oxygens (including phenoxy) is 3. The van der Waals surface area contributed by atoms with Gasteiger partial charge in [0.1, 0.15) is 18.4 Å². The van der Waals surface area contributed by atoms with E-state index < -0.39 is 54.2 Å². The lowest BCUT2D eigenvalue weighted by molar-refractivity contribution is -0.150. The Kier molecular flexibility index (Phi) is 8.61. The molecule has 0 amide bonds. The first kappa shape index (κ1) is 26.0. The Hall–Kier alpha value is -2.57. The normalized spacial score (nSPS) is 21.1. The minimum atomic E-state index is -1.26. The first-order valence-corrected chi connectivity index (χ1v) is 11.1. The highest BCUT2D eigenvalue weighted by Crippen LogP contribution is 2.28. The smallest absolute Gasteiger partial charge is 0.336 e. The summed E-state index contributed by atoms with van der Waals surface area (Å²) in [6, 6.07) is 6.07. The quantitative estimate of drug-likeness (QED) is 0.490. The van der Waals surface area contributed by atoms with E-state index in [9.17, 15) is 23.9 Å². The zero-order valence-corrected chi connectivity index (χ0v) is 19.5. The summed E-state index contributed by atoms with van der Waals surface area (Å²) in [5, 5.41) is 10.9. The van der Waals surface area contributed by atoms with Gasteiger partial charge in [0.15, 0.2) is 6.73 Å². The molecular weight excluding hydrogens is 473 g/mol. The van der Waals surface area contributed by atoms with Crippen LogP contribution in [0.4, 0.5) is 4.39 Å². The van der Waals surface area contributed by atoms with Gasteiger partial charge in [-0.05, 0) is 23.6 Å². The number of carbonyl (C=O) groups excluding carboxylic acids is 1. The Balaban J connectivity index is 1.68. The number of hydrogen-bond acceptors (Lipinski definition) is 8. The second-order valence-electron chi connectivity index (χ2n) is 8.34. The molecule has 2 aromatic rings. The van der Waals surface area contributed by atoms with Crippen LogP contribution in [0.15, 0.2) is 40.1 Å². The molecule has 0 spiro atoms. The summed E-state index contributed by atoms with van der Waals surface area (Å²) in [5.74, 6) is -2.31. The van der Waals surface area contributed by atoms with Crippen LogP contribution >= 0.6 is 11.6 Å². The van der Waals surface area contributed by atoms with Gasteiger partial charge in [-0.25, -0.2) is 9.36 Å². The lowest BCUT2D eigenvalue weighted by Crippen LogP contribution is -2.44. The van der Waals surface area contributed by atoms with Gasteiger partial charge < -0.3 is 25.1 Å². The predicted octanol–water partition coefficient (Wildman–Crippen LogP) is 1.15. The topological polar surface area (TPSA) is 135 Å². The van der Waals surface area contributed by atoms with Crippen molar-refractivity contribution < 1.29 is 28.5 Å². The van der Waals surface area contributed by atoms with Gasteiger partial charge in [-0.3, -0.25) is 14.2 Å². The van der Waals surface area contributed by atoms with Gasteiger partial charge in [0.2, 0.25) is 5.82 Å². The minimum Gasteiger partial charge on any atom is -0.442 e. The zero-order chi connectivity index (χ0) is 25.0. The zero-order valence-electron chi connectivity index (χ0n) is 18.7. The van der Waals surface area contributed by atoms with E-state index in [1.54, 1.807) is 38.1 Å². The average Bonchev–Trinajstić information content (AvgIpc) is 3.16. The van der Waals surface area contributed by atoms with Crippen LogP contribution in [0.5, 0.6) is 0 Å². The molecular formula is C22H27ClFN3O7. The molecule has 0 radical (unpaired) electrons. The molecule has 3 N–H and O–H groups in total. The van der Waals surface area contributed by atoms with Crippen LogP contribution in [0.1, 0.15) is 32.1 Å². The van der Waals surface area contributed by atoms with Crippen molar-refractivity contribution in [2.24, 2.45) is 11.7 Å². The number of benzene rings is 1. The SMILES string of the molecule is CC(C)[C@H](N)C(=O)OCn1c(=O)c(F)cn([C@H]2C[C@H](O)[C@@H](COCc3ccc(Cl)cc3)O2)c1=O. The van der Waals surface area contributed by atoms with Crippen molar-refractivity contribution in [2.75, 3.05) is 6.61 Å². The second-order valence-corrected chi connectivity index (χ2v) is 8.77. The second kappa shape index (κ2) is 11.2. The summed E-state index contributed by atoms with van der Waals surface area (Å²) in [6.45, 7) is 2.86. The van der Waals surface area contributed by atoms with E-state index in [0.29, 0.717) is 15.8 Å². The number of rotatable bonds is 9. The molecule has 12 heteroatoms. The van der Waals surface area contributed by atoms with E-state index in [0.717, 1.165) is 10.1 Å². The average molecular weight is 500 g/mol. The third-order valence-electron chi connectivity index (χ3n) is 5.46. The van der Waals surface area contributed by atoms with Crippen molar-refractivity contribution in [3.63, 3.8) is 0 Å². The fourth-order valence-electron chi connectivity index (χ4n) is 3.31. The van der Waals surface area contributed by atoms with E-state index in [2.05, 4.69) is 0 Å². The minimum absolute atomic E-state index is 0.0157. The van der Waals surface area contributed by atoms with Crippen LogP contribution in [0.25, 0.3) is 0 Å². The Bertz CT molecular complexity index is 1120. The van der Waals surface area contributed by atoms with Gasteiger partial charge in [0.25, 0.3) is 5.56 Å². The lowest BCUT2D eigenvalue weighted by Gasteiger charge is -2.18. The van der Waals surface area contributed by atoms with E-state index in [-0.39, 0.29) is 25.6 Å². The van der Waals surface area contributed by atoms with Gasteiger partial charge in [-0.1, -0.05) is 37.6 Å². The summed E-state index contributed by atoms with van der Waals surface area (Å²) < 4.78 is 31.8. The molecule has 0 aliphatic carbocycles. The molecule has 10 nitrogen and oxygen atoms in total. The molecule has 3 rings (SSSR count). The summed E-state index contributed by atoms with van der Waals surface area (Å²) in [6.07, 6.45) is -2.16. The fraction of sp³-hybridized carbons (Fsp3) is 0.500. The molecule has 0 unspecified atom stereocenters. The third-order valence-corrected chi connectivity index (χ3v) is 5.71. The number of hydrogen-bond donors (Lipinski definition) is 2. The summed E-state index contributed by atoms with van der Waals surface area (Å²) in [7, 11) is 0. The summed E-state index contributed by atoms with van der Waals surface area (Å²) >= 11 is 5.85. The molecule has 34 heavy (non-hydrogen) atoms. The van der Waals surface area contributed by atoms with Gasteiger partial charge in [0, 0.05) is 11.4 Å². The lowest BCUT2D eigenvalue weighted by atomic mass is 10.1.